The molecule has 0 spiro atoms. The minimum absolute atomic E-state index is 0.182. The van der Waals surface area contributed by atoms with Crippen molar-refractivity contribution in [3.05, 3.63) is 0 Å². The third kappa shape index (κ3) is 5.75. The molecule has 7 heteroatoms. The molecule has 0 aliphatic carbocycles. The number of esters is 1. The quantitative estimate of drug-likeness (QED) is 0.506. The number of carbonyl (C=O) groups is 3. The van der Waals surface area contributed by atoms with Crippen molar-refractivity contribution in [2.24, 2.45) is 0 Å². The average molecular weight is 256 g/mol. The van der Waals surface area contributed by atoms with E-state index >= 15 is 0 Å². The molecule has 0 unspecified atom stereocenters. The molecular weight excluding hydrogens is 240 g/mol. The Balaban J connectivity index is 4.15. The minimum atomic E-state index is -0.859. The zero-order chi connectivity index (χ0) is 14.1. The lowest BCUT2D eigenvalue weighted by molar-refractivity contribution is -0.144. The van der Waals surface area contributed by atoms with Gasteiger partial charge in [-0.25, -0.2) is 9.59 Å². The number of amides is 2. The molecule has 0 aromatic heterocycles. The number of alkyl carbamates (subject to hydrolysis) is 1. The molecule has 0 saturated carbocycles. The van der Waals surface area contributed by atoms with Crippen LogP contribution in [0.1, 0.15) is 13.8 Å². The Morgan fingerprint density at radius 3 is 2.33 bits per heavy atom. The molecule has 0 heterocycles. The van der Waals surface area contributed by atoms with Gasteiger partial charge in [-0.05, 0) is 13.8 Å². The normalized spacial score (nSPS) is 12.6. The van der Waals surface area contributed by atoms with Gasteiger partial charge in [-0.3, -0.25) is 4.79 Å². The van der Waals surface area contributed by atoms with E-state index in [2.05, 4.69) is 26.0 Å². The first kappa shape index (κ1) is 15.8. The largest absolute Gasteiger partial charge is 0.467 e. The number of ether oxygens (including phenoxy) is 2. The lowest BCUT2D eigenvalue weighted by atomic mass is 10.2. The van der Waals surface area contributed by atoms with E-state index in [0.717, 1.165) is 0 Å². The Morgan fingerprint density at radius 1 is 1.22 bits per heavy atom. The molecular formula is C11H16N2O5. The van der Waals surface area contributed by atoms with Crippen molar-refractivity contribution in [2.45, 2.75) is 25.9 Å². The van der Waals surface area contributed by atoms with Crippen LogP contribution in [0.4, 0.5) is 4.79 Å². The zero-order valence-electron chi connectivity index (χ0n) is 10.5. The average Bonchev–Trinajstić information content (AvgIpc) is 2.34. The summed E-state index contributed by atoms with van der Waals surface area (Å²) in [4.78, 5) is 33.7. The van der Waals surface area contributed by atoms with E-state index in [1.54, 1.807) is 0 Å². The fourth-order valence-corrected chi connectivity index (χ4v) is 0.965. The number of hydrogen-bond donors (Lipinski definition) is 2. The van der Waals surface area contributed by atoms with Crippen LogP contribution in [0, 0.1) is 12.3 Å². The summed E-state index contributed by atoms with van der Waals surface area (Å²) in [6, 6.07) is -1.66. The molecule has 0 rings (SSSR count). The Kier molecular flexibility index (Phi) is 6.96. The lowest BCUT2D eigenvalue weighted by Crippen LogP contribution is -2.49. The van der Waals surface area contributed by atoms with Crippen LogP contribution in [0.3, 0.4) is 0 Å². The molecule has 0 saturated heterocycles. The highest BCUT2D eigenvalue weighted by molar-refractivity contribution is 5.89. The molecule has 7 nitrogen and oxygen atoms in total. The first-order valence-electron chi connectivity index (χ1n) is 5.17. The van der Waals surface area contributed by atoms with Gasteiger partial charge in [0.05, 0.1) is 7.11 Å². The smallest absolute Gasteiger partial charge is 0.408 e. The number of rotatable bonds is 5. The summed E-state index contributed by atoms with van der Waals surface area (Å²) in [5, 5.41) is 4.62. The Morgan fingerprint density at radius 2 is 1.83 bits per heavy atom. The Labute approximate surface area is 105 Å². The van der Waals surface area contributed by atoms with E-state index in [-0.39, 0.29) is 6.61 Å². The standard InChI is InChI=1S/C11H16N2O5/c1-5-6-18-11(16)13-7(2)9(14)12-8(3)10(15)17-4/h1,7-8H,6H2,2-4H3,(H,12,14)(H,13,16)/t7-,8+/m1/s1. The molecule has 2 amide bonds. The molecule has 0 radical (unpaired) electrons. The second-order valence-corrected chi connectivity index (χ2v) is 3.40. The number of hydrogen-bond acceptors (Lipinski definition) is 5. The van der Waals surface area contributed by atoms with Crippen molar-refractivity contribution in [2.75, 3.05) is 13.7 Å². The van der Waals surface area contributed by atoms with Gasteiger partial charge < -0.3 is 20.1 Å². The van der Waals surface area contributed by atoms with Gasteiger partial charge in [0.15, 0.2) is 6.61 Å². The third-order valence-corrected chi connectivity index (χ3v) is 1.93. The van der Waals surface area contributed by atoms with Crippen LogP contribution in [-0.2, 0) is 19.1 Å². The van der Waals surface area contributed by atoms with Gasteiger partial charge in [-0.2, -0.15) is 0 Å². The molecule has 0 aliphatic heterocycles. The molecule has 0 fully saturated rings. The van der Waals surface area contributed by atoms with Crippen LogP contribution in [-0.4, -0.2) is 43.8 Å². The Bertz CT molecular complexity index is 361. The van der Waals surface area contributed by atoms with Crippen molar-refractivity contribution < 1.29 is 23.9 Å². The summed E-state index contributed by atoms with van der Waals surface area (Å²) < 4.78 is 8.97. The lowest BCUT2D eigenvalue weighted by Gasteiger charge is -2.16. The van der Waals surface area contributed by atoms with Crippen LogP contribution in [0.5, 0.6) is 0 Å². The van der Waals surface area contributed by atoms with Crippen molar-refractivity contribution in [3.63, 3.8) is 0 Å². The molecule has 100 valence electrons. The summed E-state index contributed by atoms with van der Waals surface area (Å²) in [7, 11) is 1.21. The van der Waals surface area contributed by atoms with Crippen LogP contribution >= 0.6 is 0 Å². The minimum Gasteiger partial charge on any atom is -0.467 e. The maximum Gasteiger partial charge on any atom is 0.408 e. The third-order valence-electron chi connectivity index (χ3n) is 1.93. The molecule has 0 aromatic carbocycles. The monoisotopic (exact) mass is 256 g/mol. The van der Waals surface area contributed by atoms with Crippen molar-refractivity contribution >= 4 is 18.0 Å². The summed E-state index contributed by atoms with van der Waals surface area (Å²) in [6.07, 6.45) is 4.09. The van der Waals surface area contributed by atoms with Gasteiger partial charge in [-0.15, -0.1) is 6.42 Å². The summed E-state index contributed by atoms with van der Waals surface area (Å²) >= 11 is 0. The van der Waals surface area contributed by atoms with E-state index in [4.69, 9.17) is 6.42 Å². The SMILES string of the molecule is C#CCOC(=O)N[C@H](C)C(=O)N[C@@H](C)C(=O)OC. The van der Waals surface area contributed by atoms with E-state index in [9.17, 15) is 14.4 Å². The van der Waals surface area contributed by atoms with E-state index in [1.165, 1.54) is 21.0 Å². The topological polar surface area (TPSA) is 93.7 Å². The second kappa shape index (κ2) is 7.95. The number of nitrogens with one attached hydrogen (secondary N) is 2. The summed E-state index contributed by atoms with van der Waals surface area (Å²) in [6.45, 7) is 2.72. The van der Waals surface area contributed by atoms with Crippen molar-refractivity contribution in [3.8, 4) is 12.3 Å². The van der Waals surface area contributed by atoms with Gasteiger partial charge >= 0.3 is 12.1 Å². The van der Waals surface area contributed by atoms with Gasteiger partial charge in [0, 0.05) is 0 Å². The number of methoxy groups -OCH3 is 1. The van der Waals surface area contributed by atoms with E-state index < -0.39 is 30.1 Å². The van der Waals surface area contributed by atoms with Gasteiger partial charge in [0.25, 0.3) is 0 Å². The zero-order valence-corrected chi connectivity index (χ0v) is 10.5. The van der Waals surface area contributed by atoms with Crippen LogP contribution in [0.15, 0.2) is 0 Å². The predicted octanol–water partition coefficient (Wildman–Crippen LogP) is -0.588. The molecule has 0 aliphatic rings. The maximum absolute atomic E-state index is 11.6. The van der Waals surface area contributed by atoms with E-state index in [1.807, 2.05) is 0 Å². The van der Waals surface area contributed by atoms with Crippen LogP contribution in [0.2, 0.25) is 0 Å². The van der Waals surface area contributed by atoms with Crippen LogP contribution in [0.25, 0.3) is 0 Å². The van der Waals surface area contributed by atoms with E-state index in [0.29, 0.717) is 0 Å². The second-order valence-electron chi connectivity index (χ2n) is 3.40. The van der Waals surface area contributed by atoms with Crippen molar-refractivity contribution in [1.29, 1.82) is 0 Å². The molecule has 2 atom stereocenters. The Hall–Kier alpha value is -2.23. The molecule has 0 bridgehead atoms. The highest BCUT2D eigenvalue weighted by Gasteiger charge is 2.21. The van der Waals surface area contributed by atoms with Crippen LogP contribution < -0.4 is 10.6 Å². The van der Waals surface area contributed by atoms with Gasteiger partial charge in [0.2, 0.25) is 5.91 Å². The first-order valence-corrected chi connectivity index (χ1v) is 5.17. The summed E-state index contributed by atoms with van der Waals surface area (Å²) in [5.41, 5.74) is 0. The first-order chi connectivity index (χ1) is 8.42. The number of carbonyl (C=O) groups excluding carboxylic acids is 3. The van der Waals surface area contributed by atoms with Gasteiger partial charge in [-0.1, -0.05) is 5.92 Å². The van der Waals surface area contributed by atoms with Gasteiger partial charge in [0.1, 0.15) is 12.1 Å². The molecule has 18 heavy (non-hydrogen) atoms. The maximum atomic E-state index is 11.6. The molecule has 0 aromatic rings. The predicted molar refractivity (Wildman–Crippen MR) is 62.4 cm³/mol. The fraction of sp³-hybridized carbons (Fsp3) is 0.545. The molecule has 2 N–H and O–H groups in total. The number of terminal acetylenes is 1. The highest BCUT2D eigenvalue weighted by atomic mass is 16.5. The highest BCUT2D eigenvalue weighted by Crippen LogP contribution is 1.90. The summed E-state index contributed by atoms with van der Waals surface area (Å²) in [5.74, 6) is 0.996. The fourth-order valence-electron chi connectivity index (χ4n) is 0.965. The van der Waals surface area contributed by atoms with Crippen molar-refractivity contribution in [1.82, 2.24) is 10.6 Å².